The predicted molar refractivity (Wildman–Crippen MR) is 67.8 cm³/mol. The van der Waals surface area contributed by atoms with Gasteiger partial charge in [0.05, 0.1) is 0 Å². The first kappa shape index (κ1) is 12.7. The fraction of sp³-hybridized carbons (Fsp3) is 0.636. The van der Waals surface area contributed by atoms with E-state index in [1.807, 2.05) is 13.1 Å². The van der Waals surface area contributed by atoms with Gasteiger partial charge in [0.25, 0.3) is 0 Å². The summed E-state index contributed by atoms with van der Waals surface area (Å²) in [5.41, 5.74) is 0. The third-order valence-corrected chi connectivity index (χ3v) is 2.01. The average Bonchev–Trinajstić information content (AvgIpc) is 2.24. The number of hydrogen-bond donors (Lipinski definition) is 3. The van der Waals surface area contributed by atoms with Crippen LogP contribution in [0.4, 0.5) is 11.6 Å². The van der Waals surface area contributed by atoms with Gasteiger partial charge in [-0.05, 0) is 33.9 Å². The van der Waals surface area contributed by atoms with Crippen LogP contribution in [0.2, 0.25) is 0 Å². The maximum absolute atomic E-state index is 4.16. The van der Waals surface area contributed by atoms with Crippen LogP contribution < -0.4 is 16.0 Å². The summed E-state index contributed by atoms with van der Waals surface area (Å²) < 4.78 is 0. The molecule has 0 atom stereocenters. The summed E-state index contributed by atoms with van der Waals surface area (Å²) in [6, 6.07) is 2.31. The first-order chi connectivity index (χ1) is 7.72. The second-order valence-corrected chi connectivity index (χ2v) is 3.97. The molecular formula is C11H21N5. The molecule has 0 aliphatic carbocycles. The van der Waals surface area contributed by atoms with Crippen molar-refractivity contribution in [2.45, 2.75) is 26.3 Å². The Labute approximate surface area is 97.1 Å². The highest BCUT2D eigenvalue weighted by atomic mass is 15.1. The molecule has 0 aliphatic rings. The van der Waals surface area contributed by atoms with E-state index in [0.29, 0.717) is 6.04 Å². The van der Waals surface area contributed by atoms with Crippen molar-refractivity contribution in [3.63, 3.8) is 0 Å². The fourth-order valence-corrected chi connectivity index (χ4v) is 1.31. The molecule has 0 spiro atoms. The minimum absolute atomic E-state index is 0.382. The highest BCUT2D eigenvalue weighted by molar-refractivity contribution is 5.46. The summed E-state index contributed by atoms with van der Waals surface area (Å²) in [6.45, 7) is 6.10. The van der Waals surface area contributed by atoms with Gasteiger partial charge < -0.3 is 16.0 Å². The van der Waals surface area contributed by atoms with Gasteiger partial charge in [-0.3, -0.25) is 0 Å². The van der Waals surface area contributed by atoms with Gasteiger partial charge in [-0.2, -0.15) is 0 Å². The van der Waals surface area contributed by atoms with E-state index in [0.717, 1.165) is 31.1 Å². The van der Waals surface area contributed by atoms with Crippen molar-refractivity contribution in [3.05, 3.63) is 12.4 Å². The number of nitrogens with zero attached hydrogens (tertiary/aromatic N) is 2. The highest BCUT2D eigenvalue weighted by Crippen LogP contribution is 2.09. The van der Waals surface area contributed by atoms with Crippen LogP contribution in [0.1, 0.15) is 20.3 Å². The number of anilines is 2. The molecule has 0 radical (unpaired) electrons. The van der Waals surface area contributed by atoms with Crippen LogP contribution in [0, 0.1) is 0 Å². The Hall–Kier alpha value is -1.36. The summed E-state index contributed by atoms with van der Waals surface area (Å²) in [5.74, 6) is 1.73. The van der Waals surface area contributed by atoms with Gasteiger partial charge in [0.15, 0.2) is 0 Å². The molecule has 1 heterocycles. The van der Waals surface area contributed by atoms with Crippen LogP contribution in [0.15, 0.2) is 12.4 Å². The molecule has 0 saturated heterocycles. The molecule has 0 saturated carbocycles. The highest BCUT2D eigenvalue weighted by Gasteiger charge is 1.99. The number of nitrogens with one attached hydrogen (secondary N) is 3. The van der Waals surface area contributed by atoms with Crippen molar-refractivity contribution in [2.24, 2.45) is 0 Å². The van der Waals surface area contributed by atoms with E-state index in [4.69, 9.17) is 0 Å². The Balaban J connectivity index is 2.41. The van der Waals surface area contributed by atoms with E-state index >= 15 is 0 Å². The van der Waals surface area contributed by atoms with Gasteiger partial charge in [-0.1, -0.05) is 0 Å². The van der Waals surface area contributed by atoms with Crippen molar-refractivity contribution < 1.29 is 0 Å². The van der Waals surface area contributed by atoms with E-state index in [1.54, 1.807) is 6.33 Å². The minimum atomic E-state index is 0.382. The standard InChI is InChI=1S/C11H21N5/c1-9(2)16-11-7-10(14-8-15-11)13-6-4-5-12-3/h7-9,12H,4-6H2,1-3H3,(H2,13,14,15,16). The van der Waals surface area contributed by atoms with E-state index in [2.05, 4.69) is 39.8 Å². The predicted octanol–water partition coefficient (Wildman–Crippen LogP) is 1.32. The topological polar surface area (TPSA) is 61.9 Å². The van der Waals surface area contributed by atoms with Crippen molar-refractivity contribution in [2.75, 3.05) is 30.8 Å². The Morgan fingerprint density at radius 2 is 1.94 bits per heavy atom. The lowest BCUT2D eigenvalue weighted by Gasteiger charge is -2.10. The maximum Gasteiger partial charge on any atom is 0.131 e. The van der Waals surface area contributed by atoms with E-state index < -0.39 is 0 Å². The molecule has 16 heavy (non-hydrogen) atoms. The molecule has 5 heteroatoms. The largest absolute Gasteiger partial charge is 0.370 e. The lowest BCUT2D eigenvalue weighted by atomic mass is 10.4. The van der Waals surface area contributed by atoms with Crippen molar-refractivity contribution >= 4 is 11.6 Å². The van der Waals surface area contributed by atoms with Crippen LogP contribution in [0.3, 0.4) is 0 Å². The molecule has 0 fully saturated rings. The van der Waals surface area contributed by atoms with Crippen LogP contribution in [-0.2, 0) is 0 Å². The molecule has 1 aromatic heterocycles. The van der Waals surface area contributed by atoms with Crippen LogP contribution in [0.5, 0.6) is 0 Å². The second kappa shape index (κ2) is 7.00. The smallest absolute Gasteiger partial charge is 0.131 e. The van der Waals surface area contributed by atoms with Gasteiger partial charge in [-0.25, -0.2) is 9.97 Å². The lowest BCUT2D eigenvalue weighted by Crippen LogP contribution is -2.14. The summed E-state index contributed by atoms with van der Waals surface area (Å²) in [4.78, 5) is 8.31. The Morgan fingerprint density at radius 3 is 2.62 bits per heavy atom. The van der Waals surface area contributed by atoms with Gasteiger partial charge in [-0.15, -0.1) is 0 Å². The molecule has 1 rings (SSSR count). The monoisotopic (exact) mass is 223 g/mol. The van der Waals surface area contributed by atoms with Gasteiger partial charge in [0.2, 0.25) is 0 Å². The van der Waals surface area contributed by atoms with Gasteiger partial charge in [0.1, 0.15) is 18.0 Å². The summed E-state index contributed by atoms with van der Waals surface area (Å²) in [7, 11) is 1.95. The number of rotatable bonds is 7. The normalized spacial score (nSPS) is 10.5. The van der Waals surface area contributed by atoms with E-state index in [-0.39, 0.29) is 0 Å². The molecule has 90 valence electrons. The quantitative estimate of drug-likeness (QED) is 0.609. The zero-order chi connectivity index (χ0) is 11.8. The first-order valence-corrected chi connectivity index (χ1v) is 5.69. The van der Waals surface area contributed by atoms with Gasteiger partial charge >= 0.3 is 0 Å². The number of hydrogen-bond acceptors (Lipinski definition) is 5. The van der Waals surface area contributed by atoms with E-state index in [1.165, 1.54) is 0 Å². The Morgan fingerprint density at radius 1 is 1.19 bits per heavy atom. The zero-order valence-corrected chi connectivity index (χ0v) is 10.2. The van der Waals surface area contributed by atoms with Crippen LogP contribution in [-0.4, -0.2) is 36.1 Å². The second-order valence-electron chi connectivity index (χ2n) is 3.97. The molecule has 0 bridgehead atoms. The molecule has 0 aromatic carbocycles. The lowest BCUT2D eigenvalue weighted by molar-refractivity contribution is 0.746. The molecule has 0 unspecified atom stereocenters. The minimum Gasteiger partial charge on any atom is -0.370 e. The third-order valence-electron chi connectivity index (χ3n) is 2.01. The van der Waals surface area contributed by atoms with Crippen LogP contribution in [0.25, 0.3) is 0 Å². The molecular weight excluding hydrogens is 202 g/mol. The zero-order valence-electron chi connectivity index (χ0n) is 10.2. The summed E-state index contributed by atoms with van der Waals surface area (Å²) >= 11 is 0. The van der Waals surface area contributed by atoms with Crippen molar-refractivity contribution in [1.82, 2.24) is 15.3 Å². The molecule has 5 nitrogen and oxygen atoms in total. The van der Waals surface area contributed by atoms with Crippen molar-refractivity contribution in [3.8, 4) is 0 Å². The van der Waals surface area contributed by atoms with Crippen LogP contribution >= 0.6 is 0 Å². The maximum atomic E-state index is 4.16. The molecule has 1 aromatic rings. The Kier molecular flexibility index (Phi) is 5.56. The first-order valence-electron chi connectivity index (χ1n) is 5.69. The molecule has 3 N–H and O–H groups in total. The molecule has 0 aliphatic heterocycles. The SMILES string of the molecule is CNCCCNc1cc(NC(C)C)ncn1. The molecule has 0 amide bonds. The van der Waals surface area contributed by atoms with Gasteiger partial charge in [0, 0.05) is 18.7 Å². The third kappa shape index (κ3) is 4.93. The van der Waals surface area contributed by atoms with E-state index in [9.17, 15) is 0 Å². The fourth-order valence-electron chi connectivity index (χ4n) is 1.31. The summed E-state index contributed by atoms with van der Waals surface area (Å²) in [6.07, 6.45) is 2.65. The van der Waals surface area contributed by atoms with Crippen molar-refractivity contribution in [1.29, 1.82) is 0 Å². The summed E-state index contributed by atoms with van der Waals surface area (Å²) in [5, 5.41) is 9.61. The Bertz CT molecular complexity index is 300. The number of aromatic nitrogens is 2. The average molecular weight is 223 g/mol.